The van der Waals surface area contributed by atoms with Crippen LogP contribution in [0.5, 0.6) is 0 Å². The van der Waals surface area contributed by atoms with Crippen molar-refractivity contribution in [3.8, 4) is 0 Å². The number of carbonyl (C=O) groups is 2. The van der Waals surface area contributed by atoms with E-state index in [0.29, 0.717) is 0 Å². The van der Waals surface area contributed by atoms with Crippen LogP contribution in [0.25, 0.3) is 0 Å². The monoisotopic (exact) mass is 318 g/mol. The lowest BCUT2D eigenvalue weighted by Gasteiger charge is -2.09. The molecule has 1 aliphatic heterocycles. The SMILES string of the molecule is CS(=O)(=O)c1cc(C(=O)O[C@@H]2CCOC2=O)ccc1Cl. The van der Waals surface area contributed by atoms with Crippen molar-refractivity contribution < 1.29 is 27.5 Å². The van der Waals surface area contributed by atoms with Crippen molar-refractivity contribution in [1.82, 2.24) is 0 Å². The summed E-state index contributed by atoms with van der Waals surface area (Å²) in [6.45, 7) is 0.200. The Morgan fingerprint density at radius 1 is 1.45 bits per heavy atom. The van der Waals surface area contributed by atoms with Gasteiger partial charge in [0.2, 0.25) is 6.10 Å². The first kappa shape index (κ1) is 14.8. The summed E-state index contributed by atoms with van der Waals surface area (Å²) in [5, 5.41) is 0.0179. The summed E-state index contributed by atoms with van der Waals surface area (Å²) in [5.74, 6) is -1.40. The number of ether oxygens (including phenoxy) is 2. The van der Waals surface area contributed by atoms with E-state index < -0.39 is 27.9 Å². The molecule has 1 aliphatic rings. The molecule has 1 aromatic rings. The van der Waals surface area contributed by atoms with Gasteiger partial charge < -0.3 is 9.47 Å². The van der Waals surface area contributed by atoms with Crippen molar-refractivity contribution >= 4 is 33.4 Å². The predicted octanol–water partition coefficient (Wildman–Crippen LogP) is 1.22. The van der Waals surface area contributed by atoms with Gasteiger partial charge in [0.1, 0.15) is 0 Å². The molecule has 1 fully saturated rings. The van der Waals surface area contributed by atoms with Crippen molar-refractivity contribution in [3.63, 3.8) is 0 Å². The van der Waals surface area contributed by atoms with Gasteiger partial charge in [0.05, 0.1) is 22.1 Å². The van der Waals surface area contributed by atoms with Crippen molar-refractivity contribution in [3.05, 3.63) is 28.8 Å². The fourth-order valence-electron chi connectivity index (χ4n) is 1.70. The zero-order valence-corrected chi connectivity index (χ0v) is 12.0. The highest BCUT2D eigenvalue weighted by atomic mass is 35.5. The standard InChI is InChI=1S/C12H11ClO6S/c1-20(16,17)10-6-7(2-3-8(10)13)11(14)19-9-4-5-18-12(9)15/h2-3,6,9H,4-5H2,1H3/t9-/m1/s1. The van der Waals surface area contributed by atoms with Gasteiger partial charge in [-0.2, -0.15) is 0 Å². The normalized spacial score (nSPS) is 18.7. The zero-order valence-electron chi connectivity index (χ0n) is 10.5. The van der Waals surface area contributed by atoms with Gasteiger partial charge in [-0.05, 0) is 18.2 Å². The molecule has 0 aromatic heterocycles. The van der Waals surface area contributed by atoms with Crippen LogP contribution in [0.3, 0.4) is 0 Å². The largest absolute Gasteiger partial charge is 0.463 e. The average Bonchev–Trinajstić information content (AvgIpc) is 2.74. The third-order valence-electron chi connectivity index (χ3n) is 2.70. The Kier molecular flexibility index (Phi) is 4.01. The van der Waals surface area contributed by atoms with Gasteiger partial charge in [-0.1, -0.05) is 11.6 Å². The maximum Gasteiger partial charge on any atom is 0.347 e. The number of rotatable bonds is 3. The molecule has 1 heterocycles. The Hall–Kier alpha value is -1.60. The number of sulfone groups is 1. The molecule has 0 spiro atoms. The highest BCUT2D eigenvalue weighted by Crippen LogP contribution is 2.23. The third-order valence-corrected chi connectivity index (χ3v) is 4.28. The average molecular weight is 319 g/mol. The lowest BCUT2D eigenvalue weighted by Crippen LogP contribution is -2.22. The van der Waals surface area contributed by atoms with E-state index in [1.807, 2.05) is 0 Å². The fourth-order valence-corrected chi connectivity index (χ4v) is 3.00. The minimum atomic E-state index is -3.56. The summed E-state index contributed by atoms with van der Waals surface area (Å²) in [6, 6.07) is 3.75. The van der Waals surface area contributed by atoms with Gasteiger partial charge in [-0.3, -0.25) is 0 Å². The summed E-state index contributed by atoms with van der Waals surface area (Å²) in [5.41, 5.74) is 0.00882. The highest BCUT2D eigenvalue weighted by molar-refractivity contribution is 7.90. The summed E-state index contributed by atoms with van der Waals surface area (Å²) in [4.78, 5) is 22.9. The topological polar surface area (TPSA) is 86.7 Å². The van der Waals surface area contributed by atoms with Crippen molar-refractivity contribution in [2.75, 3.05) is 12.9 Å². The van der Waals surface area contributed by atoms with E-state index in [1.54, 1.807) is 0 Å². The first-order valence-electron chi connectivity index (χ1n) is 5.66. The molecule has 1 atom stereocenters. The molecule has 2 rings (SSSR count). The predicted molar refractivity (Wildman–Crippen MR) is 69.3 cm³/mol. The molecule has 108 valence electrons. The first-order chi connectivity index (χ1) is 9.29. The van der Waals surface area contributed by atoms with Crippen LogP contribution in [0.1, 0.15) is 16.8 Å². The fraction of sp³-hybridized carbons (Fsp3) is 0.333. The van der Waals surface area contributed by atoms with Crippen LogP contribution in [0, 0.1) is 0 Å². The molecule has 0 saturated carbocycles. The van der Waals surface area contributed by atoms with E-state index in [0.717, 1.165) is 12.3 Å². The van der Waals surface area contributed by atoms with Crippen molar-refractivity contribution in [2.24, 2.45) is 0 Å². The number of hydrogen-bond acceptors (Lipinski definition) is 6. The molecule has 0 unspecified atom stereocenters. The Labute approximate surface area is 120 Å². The van der Waals surface area contributed by atoms with E-state index in [9.17, 15) is 18.0 Å². The van der Waals surface area contributed by atoms with Crippen LogP contribution in [0.2, 0.25) is 5.02 Å². The third kappa shape index (κ3) is 3.10. The second-order valence-electron chi connectivity index (χ2n) is 4.27. The van der Waals surface area contributed by atoms with Crippen LogP contribution >= 0.6 is 11.6 Å². The molecule has 0 N–H and O–H groups in total. The van der Waals surface area contributed by atoms with E-state index >= 15 is 0 Å². The number of carbonyl (C=O) groups excluding carboxylic acids is 2. The Morgan fingerprint density at radius 3 is 2.70 bits per heavy atom. The molecular weight excluding hydrogens is 308 g/mol. The van der Waals surface area contributed by atoms with E-state index in [4.69, 9.17) is 16.3 Å². The second-order valence-corrected chi connectivity index (χ2v) is 6.66. The van der Waals surface area contributed by atoms with Gasteiger partial charge in [0.15, 0.2) is 9.84 Å². The molecular formula is C12H11ClO6S. The van der Waals surface area contributed by atoms with Gasteiger partial charge in [-0.15, -0.1) is 0 Å². The summed E-state index contributed by atoms with van der Waals surface area (Å²) in [6.07, 6.45) is 0.328. The molecule has 20 heavy (non-hydrogen) atoms. The van der Waals surface area contributed by atoms with Crippen LogP contribution < -0.4 is 0 Å². The maximum absolute atomic E-state index is 11.9. The quantitative estimate of drug-likeness (QED) is 0.779. The smallest absolute Gasteiger partial charge is 0.347 e. The van der Waals surface area contributed by atoms with E-state index in [1.165, 1.54) is 12.1 Å². The number of halogens is 1. The summed E-state index contributed by atoms with van der Waals surface area (Å²) < 4.78 is 32.7. The molecule has 6 nitrogen and oxygen atoms in total. The highest BCUT2D eigenvalue weighted by Gasteiger charge is 2.30. The van der Waals surface area contributed by atoms with Crippen molar-refractivity contribution in [1.29, 1.82) is 0 Å². The molecule has 8 heteroatoms. The Balaban J connectivity index is 2.25. The minimum Gasteiger partial charge on any atom is -0.463 e. The van der Waals surface area contributed by atoms with E-state index in [-0.39, 0.29) is 28.5 Å². The number of esters is 2. The number of cyclic esters (lactones) is 1. The van der Waals surface area contributed by atoms with E-state index in [2.05, 4.69) is 4.74 Å². The van der Waals surface area contributed by atoms with Crippen molar-refractivity contribution in [2.45, 2.75) is 17.4 Å². The first-order valence-corrected chi connectivity index (χ1v) is 7.93. The van der Waals surface area contributed by atoms with Crippen LogP contribution in [0.15, 0.2) is 23.1 Å². The minimum absolute atomic E-state index is 0.00882. The van der Waals surface area contributed by atoms with Crippen LogP contribution in [0.4, 0.5) is 0 Å². The molecule has 0 bridgehead atoms. The number of hydrogen-bond donors (Lipinski definition) is 0. The molecule has 1 aromatic carbocycles. The van der Waals surface area contributed by atoms with Gasteiger partial charge in [0, 0.05) is 12.7 Å². The van der Waals surface area contributed by atoms with Crippen LogP contribution in [-0.4, -0.2) is 39.3 Å². The Morgan fingerprint density at radius 2 is 2.15 bits per heavy atom. The zero-order chi connectivity index (χ0) is 14.9. The second kappa shape index (κ2) is 5.41. The molecule has 0 radical (unpaired) electrons. The van der Waals surface area contributed by atoms with Crippen LogP contribution in [-0.2, 0) is 24.1 Å². The maximum atomic E-state index is 11.9. The van der Waals surface area contributed by atoms with Gasteiger partial charge in [-0.25, -0.2) is 18.0 Å². The molecule has 0 aliphatic carbocycles. The summed E-state index contributed by atoms with van der Waals surface area (Å²) in [7, 11) is -3.56. The lowest BCUT2D eigenvalue weighted by atomic mass is 10.2. The lowest BCUT2D eigenvalue weighted by molar-refractivity contribution is -0.145. The summed E-state index contributed by atoms with van der Waals surface area (Å²) >= 11 is 5.77. The molecule has 0 amide bonds. The Bertz CT molecular complexity index is 667. The molecule has 1 saturated heterocycles. The van der Waals surface area contributed by atoms with Gasteiger partial charge in [0.25, 0.3) is 0 Å². The van der Waals surface area contributed by atoms with Gasteiger partial charge >= 0.3 is 11.9 Å². The number of benzene rings is 1.